The minimum absolute atomic E-state index is 0.134. The van der Waals surface area contributed by atoms with Gasteiger partial charge in [0.05, 0.1) is 21.3 Å². The van der Waals surface area contributed by atoms with Crippen molar-refractivity contribution in [2.45, 2.75) is 6.92 Å². The number of rotatable bonds is 8. The average Bonchev–Trinajstić information content (AvgIpc) is 3.11. The van der Waals surface area contributed by atoms with Gasteiger partial charge in [0.1, 0.15) is 5.75 Å². The molecule has 0 aliphatic carbocycles. The molecule has 0 saturated carbocycles. The van der Waals surface area contributed by atoms with Crippen LogP contribution in [-0.4, -0.2) is 44.0 Å². The van der Waals surface area contributed by atoms with Crippen LogP contribution in [0.15, 0.2) is 42.5 Å². The summed E-state index contributed by atoms with van der Waals surface area (Å²) in [5, 5.41) is 9.90. The number of methoxy groups -OCH3 is 3. The number of aryl methyl sites for hydroxylation is 1. The van der Waals surface area contributed by atoms with Crippen LogP contribution >= 0.6 is 0 Å². The monoisotopic (exact) mass is 397 g/mol. The van der Waals surface area contributed by atoms with E-state index in [2.05, 4.69) is 15.5 Å². The molecule has 0 bridgehead atoms. The lowest BCUT2D eigenvalue weighted by Gasteiger charge is -2.15. The van der Waals surface area contributed by atoms with Gasteiger partial charge in [-0.15, -0.1) is 0 Å². The van der Waals surface area contributed by atoms with E-state index in [9.17, 15) is 4.79 Å². The minimum atomic E-state index is -0.325. The van der Waals surface area contributed by atoms with Gasteiger partial charge in [0.15, 0.2) is 23.9 Å². The number of amides is 1. The summed E-state index contributed by atoms with van der Waals surface area (Å²) in [6, 6.07) is 12.7. The number of hydrogen-bond acceptors (Lipinski definition) is 6. The normalized spacial score (nSPS) is 10.3. The highest BCUT2D eigenvalue weighted by molar-refractivity contribution is 5.95. The van der Waals surface area contributed by atoms with Crippen molar-refractivity contribution in [3.05, 3.63) is 48.2 Å². The van der Waals surface area contributed by atoms with Crippen LogP contribution in [0.1, 0.15) is 5.69 Å². The highest BCUT2D eigenvalue weighted by Crippen LogP contribution is 2.43. The number of carbonyl (C=O) groups is 1. The number of carbonyl (C=O) groups excluding carboxylic acids is 1. The van der Waals surface area contributed by atoms with Gasteiger partial charge in [0.2, 0.25) is 5.75 Å². The number of nitrogens with zero attached hydrogens (tertiary/aromatic N) is 1. The number of aromatic nitrogens is 2. The van der Waals surface area contributed by atoms with Crippen LogP contribution in [0.25, 0.3) is 11.1 Å². The Morgan fingerprint density at radius 1 is 1.03 bits per heavy atom. The first-order valence-electron chi connectivity index (χ1n) is 8.90. The molecular weight excluding hydrogens is 374 g/mol. The molecule has 2 aromatic carbocycles. The Hall–Kier alpha value is -3.68. The molecule has 0 unspecified atom stereocenters. The van der Waals surface area contributed by atoms with E-state index >= 15 is 0 Å². The largest absolute Gasteiger partial charge is 0.493 e. The van der Waals surface area contributed by atoms with Crippen LogP contribution < -0.4 is 24.3 Å². The maximum Gasteiger partial charge on any atom is 0.263 e. The van der Waals surface area contributed by atoms with Gasteiger partial charge in [-0.2, -0.15) is 5.10 Å². The fourth-order valence-corrected chi connectivity index (χ4v) is 2.93. The first-order chi connectivity index (χ1) is 14.1. The fourth-order valence-electron chi connectivity index (χ4n) is 2.93. The Bertz CT molecular complexity index is 960. The number of ether oxygens (including phenoxy) is 4. The second-order valence-corrected chi connectivity index (χ2v) is 6.14. The Morgan fingerprint density at radius 3 is 2.28 bits per heavy atom. The van der Waals surface area contributed by atoms with Crippen molar-refractivity contribution in [1.29, 1.82) is 0 Å². The minimum Gasteiger partial charge on any atom is -0.493 e. The third-order valence-electron chi connectivity index (χ3n) is 4.27. The SMILES string of the molecule is COc1cc(-c2c(NC(=O)COc3ccccc3)n[nH]c2C)cc(OC)c1OC. The van der Waals surface area contributed by atoms with Crippen molar-refractivity contribution in [1.82, 2.24) is 10.2 Å². The fraction of sp³-hybridized carbons (Fsp3) is 0.238. The van der Waals surface area contributed by atoms with Crippen LogP contribution in [0.5, 0.6) is 23.0 Å². The number of hydrogen-bond donors (Lipinski definition) is 2. The molecule has 1 heterocycles. The van der Waals surface area contributed by atoms with Gasteiger partial charge in [0, 0.05) is 11.3 Å². The van der Waals surface area contributed by atoms with E-state index in [4.69, 9.17) is 18.9 Å². The lowest BCUT2D eigenvalue weighted by Crippen LogP contribution is -2.20. The molecule has 0 saturated heterocycles. The van der Waals surface area contributed by atoms with E-state index in [1.807, 2.05) is 25.1 Å². The van der Waals surface area contributed by atoms with E-state index < -0.39 is 0 Å². The zero-order valence-electron chi connectivity index (χ0n) is 16.7. The number of aromatic amines is 1. The molecule has 0 spiro atoms. The first-order valence-corrected chi connectivity index (χ1v) is 8.90. The molecular formula is C21H23N3O5. The van der Waals surface area contributed by atoms with E-state index in [0.29, 0.717) is 28.8 Å². The zero-order valence-corrected chi connectivity index (χ0v) is 16.7. The van der Waals surface area contributed by atoms with Gasteiger partial charge in [0.25, 0.3) is 5.91 Å². The maximum atomic E-state index is 12.4. The highest BCUT2D eigenvalue weighted by Gasteiger charge is 2.20. The van der Waals surface area contributed by atoms with E-state index in [-0.39, 0.29) is 12.5 Å². The summed E-state index contributed by atoms with van der Waals surface area (Å²) < 4.78 is 21.7. The molecule has 152 valence electrons. The molecule has 0 aliphatic heterocycles. The van der Waals surface area contributed by atoms with E-state index in [1.165, 1.54) is 0 Å². The standard InChI is InChI=1S/C21H23N3O5/c1-13-19(14-10-16(26-2)20(28-4)17(11-14)27-3)21(24-23-13)22-18(25)12-29-15-8-6-5-7-9-15/h5-11H,12H2,1-4H3,(H2,22,23,24,25). The van der Waals surface area contributed by atoms with Gasteiger partial charge in [-0.05, 0) is 36.8 Å². The topological polar surface area (TPSA) is 94.7 Å². The number of anilines is 1. The molecule has 3 rings (SSSR count). The Labute approximate surface area is 168 Å². The molecule has 29 heavy (non-hydrogen) atoms. The Balaban J connectivity index is 1.85. The van der Waals surface area contributed by atoms with Crippen molar-refractivity contribution in [3.8, 4) is 34.1 Å². The molecule has 8 nitrogen and oxygen atoms in total. The molecule has 0 fully saturated rings. The molecule has 1 aromatic heterocycles. The van der Waals surface area contributed by atoms with Crippen molar-refractivity contribution < 1.29 is 23.7 Å². The van der Waals surface area contributed by atoms with Crippen LogP contribution in [0.2, 0.25) is 0 Å². The second-order valence-electron chi connectivity index (χ2n) is 6.14. The third kappa shape index (κ3) is 4.43. The summed E-state index contributed by atoms with van der Waals surface area (Å²) >= 11 is 0. The van der Waals surface area contributed by atoms with Gasteiger partial charge in [-0.3, -0.25) is 9.89 Å². The lowest BCUT2D eigenvalue weighted by atomic mass is 10.0. The van der Waals surface area contributed by atoms with Crippen molar-refractivity contribution in [2.75, 3.05) is 33.3 Å². The molecule has 0 aliphatic rings. The number of para-hydroxylation sites is 1. The van der Waals surface area contributed by atoms with Gasteiger partial charge >= 0.3 is 0 Å². The summed E-state index contributed by atoms with van der Waals surface area (Å²) in [7, 11) is 4.64. The summed E-state index contributed by atoms with van der Waals surface area (Å²) in [5.41, 5.74) is 2.25. The van der Waals surface area contributed by atoms with E-state index in [1.54, 1.807) is 45.6 Å². The van der Waals surface area contributed by atoms with Crippen LogP contribution in [0, 0.1) is 6.92 Å². The Kier molecular flexibility index (Phi) is 6.23. The van der Waals surface area contributed by atoms with Crippen LogP contribution in [0.4, 0.5) is 5.82 Å². The van der Waals surface area contributed by atoms with Crippen molar-refractivity contribution >= 4 is 11.7 Å². The van der Waals surface area contributed by atoms with Crippen molar-refractivity contribution in [3.63, 3.8) is 0 Å². The zero-order chi connectivity index (χ0) is 20.8. The molecule has 2 N–H and O–H groups in total. The maximum absolute atomic E-state index is 12.4. The molecule has 0 atom stereocenters. The van der Waals surface area contributed by atoms with Gasteiger partial charge < -0.3 is 24.3 Å². The van der Waals surface area contributed by atoms with E-state index in [0.717, 1.165) is 16.8 Å². The van der Waals surface area contributed by atoms with Crippen molar-refractivity contribution in [2.24, 2.45) is 0 Å². The van der Waals surface area contributed by atoms with Crippen LogP contribution in [0.3, 0.4) is 0 Å². The molecule has 3 aromatic rings. The predicted octanol–water partition coefficient (Wildman–Crippen LogP) is 3.43. The summed E-state index contributed by atoms with van der Waals surface area (Å²) in [6.07, 6.45) is 0. The number of H-pyrrole nitrogens is 1. The highest BCUT2D eigenvalue weighted by atomic mass is 16.5. The second kappa shape index (κ2) is 9.01. The number of nitrogens with one attached hydrogen (secondary N) is 2. The van der Waals surface area contributed by atoms with Gasteiger partial charge in [-0.1, -0.05) is 18.2 Å². The van der Waals surface area contributed by atoms with Crippen LogP contribution in [-0.2, 0) is 4.79 Å². The quantitative estimate of drug-likeness (QED) is 0.605. The molecule has 0 radical (unpaired) electrons. The molecule has 8 heteroatoms. The smallest absolute Gasteiger partial charge is 0.263 e. The first kappa shape index (κ1) is 20.1. The Morgan fingerprint density at radius 2 is 1.69 bits per heavy atom. The molecule has 1 amide bonds. The predicted molar refractivity (Wildman–Crippen MR) is 109 cm³/mol. The summed E-state index contributed by atoms with van der Waals surface area (Å²) in [5.74, 6) is 2.18. The van der Waals surface area contributed by atoms with Gasteiger partial charge in [-0.25, -0.2) is 0 Å². The third-order valence-corrected chi connectivity index (χ3v) is 4.27. The summed E-state index contributed by atoms with van der Waals surface area (Å²) in [6.45, 7) is 1.73. The number of benzene rings is 2. The lowest BCUT2D eigenvalue weighted by molar-refractivity contribution is -0.118. The summed E-state index contributed by atoms with van der Waals surface area (Å²) in [4.78, 5) is 12.4. The average molecular weight is 397 g/mol.